The molecule has 20 heavy (non-hydrogen) atoms. The van der Waals surface area contributed by atoms with Gasteiger partial charge in [-0.3, -0.25) is 10.1 Å². The third kappa shape index (κ3) is 2.04. The largest absolute Gasteiger partial charge is 0.352 e. The number of non-ortho nitro benzene ring substituents is 1. The fourth-order valence-electron chi connectivity index (χ4n) is 1.81. The SMILES string of the molecule is O=[N+]([O-])c1ccc(Nc2ccccc2Cl)c2nonc12. The summed E-state index contributed by atoms with van der Waals surface area (Å²) in [6.45, 7) is 0. The van der Waals surface area contributed by atoms with Crippen LogP contribution in [0, 0.1) is 10.1 Å². The molecule has 8 heteroatoms. The quantitative estimate of drug-likeness (QED) is 0.586. The number of fused-ring (bicyclic) bond motifs is 1. The Morgan fingerprint density at radius 1 is 1.10 bits per heavy atom. The summed E-state index contributed by atoms with van der Waals surface area (Å²) < 4.78 is 4.59. The van der Waals surface area contributed by atoms with Crippen LogP contribution in [0.25, 0.3) is 11.0 Å². The van der Waals surface area contributed by atoms with Crippen LogP contribution >= 0.6 is 11.6 Å². The van der Waals surface area contributed by atoms with E-state index in [0.717, 1.165) is 0 Å². The number of hydrogen-bond donors (Lipinski definition) is 1. The van der Waals surface area contributed by atoms with Crippen LogP contribution in [0.15, 0.2) is 41.0 Å². The van der Waals surface area contributed by atoms with Crippen molar-refractivity contribution in [3.05, 3.63) is 51.5 Å². The van der Waals surface area contributed by atoms with E-state index in [9.17, 15) is 10.1 Å². The molecule has 1 aromatic heterocycles. The zero-order valence-electron chi connectivity index (χ0n) is 9.91. The predicted octanol–water partition coefficient (Wildman–Crippen LogP) is 3.53. The molecule has 0 unspecified atom stereocenters. The average molecular weight is 291 g/mol. The van der Waals surface area contributed by atoms with Crippen molar-refractivity contribution in [2.24, 2.45) is 0 Å². The monoisotopic (exact) mass is 290 g/mol. The topological polar surface area (TPSA) is 94.1 Å². The van der Waals surface area contributed by atoms with Gasteiger partial charge in [-0.2, -0.15) is 0 Å². The summed E-state index contributed by atoms with van der Waals surface area (Å²) >= 11 is 6.05. The summed E-state index contributed by atoms with van der Waals surface area (Å²) in [4.78, 5) is 10.4. The van der Waals surface area contributed by atoms with E-state index in [1.807, 2.05) is 6.07 Å². The molecule has 1 heterocycles. The number of nitro groups is 1. The van der Waals surface area contributed by atoms with Gasteiger partial charge in [0.15, 0.2) is 5.52 Å². The third-order valence-corrected chi connectivity index (χ3v) is 3.06. The van der Waals surface area contributed by atoms with E-state index in [-0.39, 0.29) is 16.7 Å². The van der Waals surface area contributed by atoms with Gasteiger partial charge in [0.25, 0.3) is 0 Å². The van der Waals surface area contributed by atoms with E-state index in [1.165, 1.54) is 12.1 Å². The van der Waals surface area contributed by atoms with Crippen molar-refractivity contribution in [2.45, 2.75) is 0 Å². The maximum Gasteiger partial charge on any atom is 0.300 e. The minimum Gasteiger partial charge on any atom is -0.352 e. The number of nitrogens with zero attached hydrogens (tertiary/aromatic N) is 3. The summed E-state index contributed by atoms with van der Waals surface area (Å²) in [6.07, 6.45) is 0. The van der Waals surface area contributed by atoms with Crippen molar-refractivity contribution in [3.63, 3.8) is 0 Å². The highest BCUT2D eigenvalue weighted by atomic mass is 35.5. The number of anilines is 2. The van der Waals surface area contributed by atoms with Gasteiger partial charge in [0.2, 0.25) is 5.52 Å². The number of nitro benzene ring substituents is 1. The molecule has 3 rings (SSSR count). The van der Waals surface area contributed by atoms with Crippen molar-refractivity contribution >= 4 is 39.7 Å². The number of nitrogens with one attached hydrogen (secondary N) is 1. The molecule has 1 N–H and O–H groups in total. The van der Waals surface area contributed by atoms with Crippen LogP contribution in [-0.2, 0) is 0 Å². The van der Waals surface area contributed by atoms with E-state index < -0.39 is 4.92 Å². The molecule has 0 saturated heterocycles. The van der Waals surface area contributed by atoms with Crippen LogP contribution in [0.4, 0.5) is 17.1 Å². The summed E-state index contributed by atoms with van der Waals surface area (Å²) in [6, 6.07) is 10.0. The number of para-hydroxylation sites is 1. The molecule has 0 aliphatic heterocycles. The lowest BCUT2D eigenvalue weighted by atomic mass is 10.2. The lowest BCUT2D eigenvalue weighted by Crippen LogP contribution is -1.95. The average Bonchev–Trinajstić information content (AvgIpc) is 2.90. The molecule has 0 amide bonds. The maximum absolute atomic E-state index is 10.9. The Morgan fingerprint density at radius 2 is 1.85 bits per heavy atom. The summed E-state index contributed by atoms with van der Waals surface area (Å²) in [5, 5.41) is 21.7. The fraction of sp³-hybridized carbons (Fsp3) is 0. The van der Waals surface area contributed by atoms with Gasteiger partial charge in [-0.05, 0) is 28.5 Å². The number of hydrogen-bond acceptors (Lipinski definition) is 6. The van der Waals surface area contributed by atoms with Gasteiger partial charge in [-0.1, -0.05) is 23.7 Å². The molecule has 0 aliphatic carbocycles. The molecule has 0 bridgehead atoms. The molecule has 100 valence electrons. The number of aromatic nitrogens is 2. The van der Waals surface area contributed by atoms with Gasteiger partial charge in [0, 0.05) is 6.07 Å². The van der Waals surface area contributed by atoms with Gasteiger partial charge in [-0.25, -0.2) is 4.63 Å². The maximum atomic E-state index is 10.9. The highest BCUT2D eigenvalue weighted by Gasteiger charge is 2.19. The van der Waals surface area contributed by atoms with Gasteiger partial charge >= 0.3 is 5.69 Å². The molecule has 2 aromatic carbocycles. The molecule has 0 atom stereocenters. The van der Waals surface area contributed by atoms with E-state index in [4.69, 9.17) is 11.6 Å². The van der Waals surface area contributed by atoms with Crippen molar-refractivity contribution in [2.75, 3.05) is 5.32 Å². The van der Waals surface area contributed by atoms with Crippen LogP contribution in [0.5, 0.6) is 0 Å². The van der Waals surface area contributed by atoms with E-state index in [2.05, 4.69) is 20.3 Å². The van der Waals surface area contributed by atoms with Crippen molar-refractivity contribution in [1.82, 2.24) is 10.3 Å². The number of halogens is 1. The van der Waals surface area contributed by atoms with Gasteiger partial charge < -0.3 is 5.32 Å². The van der Waals surface area contributed by atoms with E-state index >= 15 is 0 Å². The highest BCUT2D eigenvalue weighted by molar-refractivity contribution is 6.33. The second-order valence-corrected chi connectivity index (χ2v) is 4.36. The standard InChI is InChI=1S/C12H7ClN4O3/c13-7-3-1-2-4-8(7)14-9-5-6-10(17(18)19)12-11(9)15-20-16-12/h1-6,14H. The van der Waals surface area contributed by atoms with E-state index in [0.29, 0.717) is 16.4 Å². The Labute approximate surface area is 117 Å². The second kappa shape index (κ2) is 4.78. The molecule has 0 fully saturated rings. The van der Waals surface area contributed by atoms with Gasteiger partial charge in [0.05, 0.1) is 21.3 Å². The molecular weight excluding hydrogens is 284 g/mol. The van der Waals surface area contributed by atoms with Gasteiger partial charge in [0.1, 0.15) is 0 Å². The number of rotatable bonds is 3. The minimum atomic E-state index is -0.536. The van der Waals surface area contributed by atoms with Crippen LogP contribution in [0.1, 0.15) is 0 Å². The minimum absolute atomic E-state index is 0.0899. The van der Waals surface area contributed by atoms with Crippen molar-refractivity contribution < 1.29 is 9.55 Å². The summed E-state index contributed by atoms with van der Waals surface area (Å²) in [5.41, 5.74) is 1.39. The first kappa shape index (κ1) is 12.4. The molecule has 0 radical (unpaired) electrons. The van der Waals surface area contributed by atoms with E-state index in [1.54, 1.807) is 18.2 Å². The third-order valence-electron chi connectivity index (χ3n) is 2.73. The molecule has 3 aromatic rings. The number of benzene rings is 2. The van der Waals surface area contributed by atoms with Crippen LogP contribution in [0.2, 0.25) is 5.02 Å². The first-order chi connectivity index (χ1) is 9.66. The predicted molar refractivity (Wildman–Crippen MR) is 73.2 cm³/mol. The lowest BCUT2D eigenvalue weighted by molar-refractivity contribution is -0.383. The zero-order chi connectivity index (χ0) is 14.1. The van der Waals surface area contributed by atoms with Gasteiger partial charge in [-0.15, -0.1) is 0 Å². The Balaban J connectivity index is 2.10. The Kier molecular flexibility index (Phi) is 2.96. The fourth-order valence-corrected chi connectivity index (χ4v) is 1.99. The first-order valence-electron chi connectivity index (χ1n) is 5.58. The lowest BCUT2D eigenvalue weighted by Gasteiger charge is -2.07. The zero-order valence-corrected chi connectivity index (χ0v) is 10.7. The smallest absolute Gasteiger partial charge is 0.300 e. The Hall–Kier alpha value is -2.67. The molecular formula is C12H7ClN4O3. The highest BCUT2D eigenvalue weighted by Crippen LogP contribution is 2.32. The van der Waals surface area contributed by atoms with Crippen molar-refractivity contribution in [1.29, 1.82) is 0 Å². The normalized spacial score (nSPS) is 10.7. The summed E-state index contributed by atoms with van der Waals surface area (Å²) in [7, 11) is 0. The second-order valence-electron chi connectivity index (χ2n) is 3.96. The first-order valence-corrected chi connectivity index (χ1v) is 5.96. The summed E-state index contributed by atoms with van der Waals surface area (Å²) in [5.74, 6) is 0. The molecule has 0 aliphatic rings. The van der Waals surface area contributed by atoms with Crippen LogP contribution < -0.4 is 5.32 Å². The molecule has 7 nitrogen and oxygen atoms in total. The Morgan fingerprint density at radius 3 is 2.60 bits per heavy atom. The Bertz CT molecular complexity index is 802. The molecule has 0 spiro atoms. The van der Waals surface area contributed by atoms with Crippen LogP contribution in [0.3, 0.4) is 0 Å². The van der Waals surface area contributed by atoms with Crippen LogP contribution in [-0.4, -0.2) is 15.2 Å². The molecule has 0 saturated carbocycles. The van der Waals surface area contributed by atoms with Crippen molar-refractivity contribution in [3.8, 4) is 0 Å².